The van der Waals surface area contributed by atoms with E-state index in [2.05, 4.69) is 5.10 Å². The third-order valence-electron chi connectivity index (χ3n) is 4.82. The van der Waals surface area contributed by atoms with Gasteiger partial charge in [-0.2, -0.15) is 5.10 Å². The largest absolute Gasteiger partial charge is 0.494 e. The van der Waals surface area contributed by atoms with Crippen molar-refractivity contribution in [2.45, 2.75) is 6.92 Å². The smallest absolute Gasteiger partial charge is 0.269 e. The quantitative estimate of drug-likeness (QED) is 0.425. The molecule has 0 aliphatic rings. The van der Waals surface area contributed by atoms with Crippen LogP contribution >= 0.6 is 0 Å². The van der Waals surface area contributed by atoms with Crippen LogP contribution in [0.1, 0.15) is 6.92 Å². The molecule has 5 rings (SSSR count). The molecule has 0 spiro atoms. The van der Waals surface area contributed by atoms with Crippen molar-refractivity contribution < 1.29 is 13.5 Å². The van der Waals surface area contributed by atoms with Gasteiger partial charge in [0.15, 0.2) is 17.2 Å². The lowest BCUT2D eigenvalue weighted by Gasteiger charge is -2.12. The Labute approximate surface area is 176 Å². The maximum atomic E-state index is 13.5. The molecule has 5 aromatic rings. The highest BCUT2D eigenvalue weighted by Gasteiger charge is 2.20. The monoisotopic (exact) mass is 416 g/mol. The second kappa shape index (κ2) is 7.56. The molecule has 0 fully saturated rings. The Morgan fingerprint density at radius 3 is 2.45 bits per heavy atom. The minimum absolute atomic E-state index is 0.297. The maximum Gasteiger partial charge on any atom is 0.269 e. The average Bonchev–Trinajstić information content (AvgIpc) is 3.46. The van der Waals surface area contributed by atoms with Crippen LogP contribution < -0.4 is 10.3 Å². The highest BCUT2D eigenvalue weighted by atomic mass is 19.1. The first-order chi connectivity index (χ1) is 15.2. The molecule has 0 bridgehead atoms. The molecule has 0 atom stereocenters. The van der Waals surface area contributed by atoms with Crippen molar-refractivity contribution in [3.8, 4) is 28.7 Å². The number of nitrogens with zero attached hydrogens (tertiary/aromatic N) is 4. The second-order valence-corrected chi connectivity index (χ2v) is 6.75. The lowest BCUT2D eigenvalue weighted by Crippen LogP contribution is -2.22. The summed E-state index contributed by atoms with van der Waals surface area (Å²) >= 11 is 0. The topological polar surface area (TPSA) is 75.1 Å². The van der Waals surface area contributed by atoms with Crippen LogP contribution in [0.4, 0.5) is 4.39 Å². The van der Waals surface area contributed by atoms with E-state index in [0.717, 1.165) is 0 Å². The first kappa shape index (κ1) is 18.8. The fraction of sp³-hybridized carbons (Fsp3) is 0.0870. The lowest BCUT2D eigenvalue weighted by molar-refractivity contribution is 0.340. The van der Waals surface area contributed by atoms with E-state index in [9.17, 15) is 9.18 Å². The van der Waals surface area contributed by atoms with Crippen molar-refractivity contribution in [2.75, 3.05) is 6.61 Å². The summed E-state index contributed by atoms with van der Waals surface area (Å²) in [5.74, 6) is 1.11. The number of hydrogen-bond acceptors (Lipinski definition) is 5. The minimum Gasteiger partial charge on any atom is -0.494 e. The van der Waals surface area contributed by atoms with Crippen LogP contribution in [0.15, 0.2) is 82.3 Å². The number of fused-ring (bicyclic) bond motifs is 1. The lowest BCUT2D eigenvalue weighted by atomic mass is 10.2. The van der Waals surface area contributed by atoms with Crippen LogP contribution in [0.25, 0.3) is 34.0 Å². The highest BCUT2D eigenvalue weighted by molar-refractivity contribution is 5.78. The van der Waals surface area contributed by atoms with E-state index in [1.807, 2.05) is 6.92 Å². The molecule has 0 saturated carbocycles. The van der Waals surface area contributed by atoms with Gasteiger partial charge in [0.05, 0.1) is 30.4 Å². The number of halogens is 1. The van der Waals surface area contributed by atoms with Gasteiger partial charge in [-0.05, 0) is 67.6 Å². The summed E-state index contributed by atoms with van der Waals surface area (Å²) in [7, 11) is 0. The third-order valence-corrected chi connectivity index (χ3v) is 4.82. The molecule has 0 N–H and O–H groups in total. The van der Waals surface area contributed by atoms with Gasteiger partial charge in [0.25, 0.3) is 5.56 Å². The van der Waals surface area contributed by atoms with E-state index in [-0.39, 0.29) is 11.4 Å². The molecule has 0 unspecified atom stereocenters. The normalized spacial score (nSPS) is 11.2. The number of aromatic nitrogens is 4. The number of hydrogen-bond donors (Lipinski definition) is 0. The van der Waals surface area contributed by atoms with Crippen molar-refractivity contribution in [3.05, 3.63) is 89.3 Å². The summed E-state index contributed by atoms with van der Waals surface area (Å²) in [4.78, 5) is 18.2. The van der Waals surface area contributed by atoms with Crippen LogP contribution in [0.5, 0.6) is 5.75 Å². The van der Waals surface area contributed by atoms with E-state index in [0.29, 0.717) is 46.3 Å². The van der Waals surface area contributed by atoms with Gasteiger partial charge in [-0.25, -0.2) is 14.1 Å². The molecule has 154 valence electrons. The van der Waals surface area contributed by atoms with Crippen LogP contribution in [-0.2, 0) is 0 Å². The van der Waals surface area contributed by atoms with E-state index in [4.69, 9.17) is 14.1 Å². The molecule has 0 amide bonds. The SMILES string of the molecule is CCOc1ccc(-n2c(-c3ccco3)nc3c(cnn3-c3ccc(F)cc3)c2=O)cc1. The molecule has 3 heterocycles. The Bertz CT molecular complexity index is 1400. The van der Waals surface area contributed by atoms with Crippen LogP contribution in [0.3, 0.4) is 0 Å². The van der Waals surface area contributed by atoms with Gasteiger partial charge in [-0.1, -0.05) is 0 Å². The number of benzene rings is 2. The molecule has 31 heavy (non-hydrogen) atoms. The molecular formula is C23H17FN4O3. The zero-order valence-corrected chi connectivity index (χ0v) is 16.5. The Balaban J connectivity index is 1.76. The van der Waals surface area contributed by atoms with Crippen molar-refractivity contribution in [2.24, 2.45) is 0 Å². The molecule has 0 aliphatic heterocycles. The van der Waals surface area contributed by atoms with Gasteiger partial charge in [-0.15, -0.1) is 0 Å². The molecule has 0 aliphatic carbocycles. The number of ether oxygens (including phenoxy) is 1. The Morgan fingerprint density at radius 2 is 1.77 bits per heavy atom. The third kappa shape index (κ3) is 3.28. The van der Waals surface area contributed by atoms with Gasteiger partial charge in [0.1, 0.15) is 17.0 Å². The zero-order chi connectivity index (χ0) is 21.4. The van der Waals surface area contributed by atoms with Crippen molar-refractivity contribution in [1.82, 2.24) is 19.3 Å². The number of rotatable bonds is 5. The van der Waals surface area contributed by atoms with Crippen LogP contribution in [0, 0.1) is 5.82 Å². The van der Waals surface area contributed by atoms with Crippen LogP contribution in [-0.4, -0.2) is 25.9 Å². The van der Waals surface area contributed by atoms with Gasteiger partial charge < -0.3 is 9.15 Å². The zero-order valence-electron chi connectivity index (χ0n) is 16.5. The Hall–Kier alpha value is -4.20. The molecule has 0 saturated heterocycles. The summed E-state index contributed by atoms with van der Waals surface area (Å²) in [5.41, 5.74) is 1.26. The van der Waals surface area contributed by atoms with Gasteiger partial charge in [0.2, 0.25) is 0 Å². The van der Waals surface area contributed by atoms with Crippen molar-refractivity contribution in [1.29, 1.82) is 0 Å². The molecule has 8 heteroatoms. The first-order valence-corrected chi connectivity index (χ1v) is 9.69. The molecule has 3 aromatic heterocycles. The summed E-state index contributed by atoms with van der Waals surface area (Å²) in [6.45, 7) is 2.46. The standard InChI is InChI=1S/C23H17FN4O3/c1-2-30-18-11-9-16(10-12-18)27-22(20-4-3-13-31-20)26-21-19(23(27)29)14-25-28(21)17-7-5-15(24)6-8-17/h3-14H,2H2,1H3. The van der Waals surface area contributed by atoms with E-state index in [1.165, 1.54) is 33.8 Å². The van der Waals surface area contributed by atoms with E-state index < -0.39 is 0 Å². The fourth-order valence-corrected chi connectivity index (χ4v) is 3.41. The number of furan rings is 1. The summed E-state index contributed by atoms with van der Waals surface area (Å²) in [6.07, 6.45) is 2.98. The summed E-state index contributed by atoms with van der Waals surface area (Å²) < 4.78 is 27.4. The highest BCUT2D eigenvalue weighted by Crippen LogP contribution is 2.25. The van der Waals surface area contributed by atoms with Crippen molar-refractivity contribution >= 4 is 11.0 Å². The molecule has 0 radical (unpaired) electrons. The van der Waals surface area contributed by atoms with Crippen LogP contribution in [0.2, 0.25) is 0 Å². The maximum absolute atomic E-state index is 13.5. The Kier molecular flexibility index (Phi) is 4.59. The molecule has 7 nitrogen and oxygen atoms in total. The van der Waals surface area contributed by atoms with Gasteiger partial charge >= 0.3 is 0 Å². The summed E-state index contributed by atoms with van der Waals surface area (Å²) in [5, 5.41) is 4.65. The predicted octanol–water partition coefficient (Wildman–Crippen LogP) is 4.37. The Morgan fingerprint density at radius 1 is 1.03 bits per heavy atom. The molecular weight excluding hydrogens is 399 g/mol. The first-order valence-electron chi connectivity index (χ1n) is 9.69. The van der Waals surface area contributed by atoms with Gasteiger partial charge in [-0.3, -0.25) is 9.36 Å². The van der Waals surface area contributed by atoms with Crippen molar-refractivity contribution in [3.63, 3.8) is 0 Å². The predicted molar refractivity (Wildman–Crippen MR) is 113 cm³/mol. The fourth-order valence-electron chi connectivity index (χ4n) is 3.41. The average molecular weight is 416 g/mol. The molecule has 2 aromatic carbocycles. The summed E-state index contributed by atoms with van der Waals surface area (Å²) in [6, 6.07) is 16.4. The van der Waals surface area contributed by atoms with E-state index >= 15 is 0 Å². The minimum atomic E-state index is -0.359. The second-order valence-electron chi connectivity index (χ2n) is 6.75. The van der Waals surface area contributed by atoms with Gasteiger partial charge in [0, 0.05) is 0 Å². The van der Waals surface area contributed by atoms with E-state index in [1.54, 1.807) is 48.5 Å².